The molecule has 0 aliphatic carbocycles. The minimum absolute atomic E-state index is 0.174. The van der Waals surface area contributed by atoms with E-state index in [4.69, 9.17) is 0 Å². The number of carbonyl (C=O) groups excluding carboxylic acids is 1. The van der Waals surface area contributed by atoms with Crippen LogP contribution in [0.2, 0.25) is 0 Å². The molecule has 0 atom stereocenters. The van der Waals surface area contributed by atoms with Gasteiger partial charge in [-0.25, -0.2) is 9.98 Å². The van der Waals surface area contributed by atoms with Gasteiger partial charge in [0.2, 0.25) is 5.91 Å². The summed E-state index contributed by atoms with van der Waals surface area (Å²) in [4.78, 5) is 26.0. The molecular weight excluding hydrogens is 336 g/mol. The van der Waals surface area contributed by atoms with Crippen molar-refractivity contribution in [3.8, 4) is 0 Å². The summed E-state index contributed by atoms with van der Waals surface area (Å²) in [5.74, 6) is 1.01. The van der Waals surface area contributed by atoms with E-state index in [1.54, 1.807) is 18.3 Å². The first-order chi connectivity index (χ1) is 12.1. The first-order valence-electron chi connectivity index (χ1n) is 9.06. The molecule has 1 aliphatic heterocycles. The van der Waals surface area contributed by atoms with Crippen molar-refractivity contribution in [2.75, 3.05) is 45.8 Å². The molecule has 25 heavy (non-hydrogen) atoms. The molecule has 7 nitrogen and oxygen atoms in total. The third-order valence-corrected chi connectivity index (χ3v) is 5.33. The number of hydrogen-bond acceptors (Lipinski definition) is 5. The maximum absolute atomic E-state index is 11.4. The van der Waals surface area contributed by atoms with E-state index in [9.17, 15) is 4.79 Å². The number of aliphatic imine (C=N–C) groups is 1. The smallest absolute Gasteiger partial charge is 0.219 e. The lowest BCUT2D eigenvalue weighted by molar-refractivity contribution is -0.130. The number of amides is 1. The number of guanidine groups is 1. The molecule has 0 radical (unpaired) electrons. The van der Waals surface area contributed by atoms with Crippen LogP contribution in [0.25, 0.3) is 0 Å². The monoisotopic (exact) mass is 366 g/mol. The van der Waals surface area contributed by atoms with Gasteiger partial charge in [0.05, 0.1) is 6.54 Å². The van der Waals surface area contributed by atoms with Gasteiger partial charge >= 0.3 is 0 Å². The molecule has 0 aromatic carbocycles. The Morgan fingerprint density at radius 2 is 2.04 bits per heavy atom. The second kappa shape index (κ2) is 10.4. The van der Waals surface area contributed by atoms with Crippen LogP contribution in [0.4, 0.5) is 0 Å². The van der Waals surface area contributed by atoms with Crippen LogP contribution in [-0.2, 0) is 17.8 Å². The number of aryl methyl sites for hydroxylation is 1. The van der Waals surface area contributed by atoms with Gasteiger partial charge < -0.3 is 15.5 Å². The Hall–Kier alpha value is -1.67. The summed E-state index contributed by atoms with van der Waals surface area (Å²) in [5, 5.41) is 7.71. The van der Waals surface area contributed by atoms with Gasteiger partial charge in [-0.05, 0) is 13.3 Å². The van der Waals surface area contributed by atoms with Crippen LogP contribution in [0.3, 0.4) is 0 Å². The fraction of sp³-hybridized carbons (Fsp3) is 0.706. The number of piperazine rings is 1. The van der Waals surface area contributed by atoms with Gasteiger partial charge in [0.15, 0.2) is 5.96 Å². The standard InChI is InChI=1S/C17H30N6OS/c1-4-15-12-20-16(25-15)13-21-17(18-5-2)19-6-7-22-8-10-23(11-9-22)14(3)24/h12H,4-11,13H2,1-3H3,(H2,18,19,21). The number of nitrogens with one attached hydrogen (secondary N) is 2. The lowest BCUT2D eigenvalue weighted by atomic mass is 10.3. The van der Waals surface area contributed by atoms with Crippen LogP contribution in [0, 0.1) is 0 Å². The molecule has 1 amide bonds. The minimum Gasteiger partial charge on any atom is -0.357 e. The SMILES string of the molecule is CCNC(=NCc1ncc(CC)s1)NCCN1CCN(C(C)=O)CC1. The molecule has 2 rings (SSSR count). The van der Waals surface area contributed by atoms with E-state index in [0.29, 0.717) is 6.54 Å². The molecule has 1 aromatic rings. The van der Waals surface area contributed by atoms with Gasteiger partial charge in [0.25, 0.3) is 0 Å². The second-order valence-corrected chi connectivity index (χ2v) is 7.24. The maximum atomic E-state index is 11.4. The summed E-state index contributed by atoms with van der Waals surface area (Å²) < 4.78 is 0. The van der Waals surface area contributed by atoms with Gasteiger partial charge in [0, 0.05) is 63.8 Å². The van der Waals surface area contributed by atoms with Gasteiger partial charge in [-0.3, -0.25) is 9.69 Å². The van der Waals surface area contributed by atoms with Crippen LogP contribution in [0.15, 0.2) is 11.2 Å². The summed E-state index contributed by atoms with van der Waals surface area (Å²) in [6, 6.07) is 0. The van der Waals surface area contributed by atoms with Crippen molar-refractivity contribution in [1.29, 1.82) is 0 Å². The molecule has 1 fully saturated rings. The summed E-state index contributed by atoms with van der Waals surface area (Å²) >= 11 is 1.73. The molecule has 2 N–H and O–H groups in total. The number of carbonyl (C=O) groups is 1. The normalized spacial score (nSPS) is 16.1. The zero-order chi connectivity index (χ0) is 18.1. The quantitative estimate of drug-likeness (QED) is 0.555. The number of thiazole rings is 1. The molecule has 0 bridgehead atoms. The molecular formula is C17H30N6OS. The van der Waals surface area contributed by atoms with Crippen LogP contribution in [0.5, 0.6) is 0 Å². The van der Waals surface area contributed by atoms with E-state index >= 15 is 0 Å². The van der Waals surface area contributed by atoms with Crippen LogP contribution >= 0.6 is 11.3 Å². The number of hydrogen-bond donors (Lipinski definition) is 2. The zero-order valence-electron chi connectivity index (χ0n) is 15.5. The Morgan fingerprint density at radius 1 is 1.28 bits per heavy atom. The molecule has 1 aliphatic rings. The van der Waals surface area contributed by atoms with Crippen LogP contribution in [0.1, 0.15) is 30.7 Å². The molecule has 1 saturated heterocycles. The molecule has 0 unspecified atom stereocenters. The highest BCUT2D eigenvalue weighted by Gasteiger charge is 2.17. The van der Waals surface area contributed by atoms with E-state index in [1.165, 1.54) is 4.88 Å². The van der Waals surface area contributed by atoms with Gasteiger partial charge in [-0.2, -0.15) is 0 Å². The molecule has 140 valence electrons. The first kappa shape index (κ1) is 19.7. The Kier molecular flexibility index (Phi) is 8.14. The highest BCUT2D eigenvalue weighted by molar-refractivity contribution is 7.11. The highest BCUT2D eigenvalue weighted by Crippen LogP contribution is 2.13. The predicted molar refractivity (Wildman–Crippen MR) is 103 cm³/mol. The van der Waals surface area contributed by atoms with Crippen molar-refractivity contribution in [1.82, 2.24) is 25.4 Å². The largest absolute Gasteiger partial charge is 0.357 e. The van der Waals surface area contributed by atoms with E-state index in [0.717, 1.165) is 63.2 Å². The lowest BCUT2D eigenvalue weighted by Crippen LogP contribution is -2.50. The topological polar surface area (TPSA) is 72.9 Å². The summed E-state index contributed by atoms with van der Waals surface area (Å²) in [5.41, 5.74) is 0. The lowest BCUT2D eigenvalue weighted by Gasteiger charge is -2.34. The van der Waals surface area contributed by atoms with Crippen molar-refractivity contribution in [3.63, 3.8) is 0 Å². The van der Waals surface area contributed by atoms with Gasteiger partial charge in [-0.15, -0.1) is 11.3 Å². The van der Waals surface area contributed by atoms with E-state index in [1.807, 2.05) is 11.1 Å². The van der Waals surface area contributed by atoms with Crippen molar-refractivity contribution in [2.24, 2.45) is 4.99 Å². The molecule has 0 saturated carbocycles. The molecule has 1 aromatic heterocycles. The minimum atomic E-state index is 0.174. The van der Waals surface area contributed by atoms with Crippen molar-refractivity contribution in [3.05, 3.63) is 16.1 Å². The summed E-state index contributed by atoms with van der Waals surface area (Å²) in [6.07, 6.45) is 2.97. The number of rotatable bonds is 7. The fourth-order valence-electron chi connectivity index (χ4n) is 2.69. The van der Waals surface area contributed by atoms with E-state index in [2.05, 4.69) is 39.4 Å². The third-order valence-electron chi connectivity index (χ3n) is 4.20. The zero-order valence-corrected chi connectivity index (χ0v) is 16.4. The Bertz CT molecular complexity index is 565. The third kappa shape index (κ3) is 6.62. The molecule has 0 spiro atoms. The van der Waals surface area contributed by atoms with Gasteiger partial charge in [-0.1, -0.05) is 6.92 Å². The van der Waals surface area contributed by atoms with E-state index in [-0.39, 0.29) is 5.91 Å². The predicted octanol–water partition coefficient (Wildman–Crippen LogP) is 0.925. The Balaban J connectivity index is 1.73. The average Bonchev–Trinajstić information content (AvgIpc) is 3.08. The summed E-state index contributed by atoms with van der Waals surface area (Å²) in [6.45, 7) is 12.6. The summed E-state index contributed by atoms with van der Waals surface area (Å²) in [7, 11) is 0. The van der Waals surface area contributed by atoms with Crippen LogP contribution < -0.4 is 10.6 Å². The first-order valence-corrected chi connectivity index (χ1v) is 9.87. The second-order valence-electron chi connectivity index (χ2n) is 6.04. The van der Waals surface area contributed by atoms with E-state index < -0.39 is 0 Å². The average molecular weight is 367 g/mol. The molecule has 8 heteroatoms. The maximum Gasteiger partial charge on any atom is 0.219 e. The Labute approximate surface area is 154 Å². The molecule has 2 heterocycles. The highest BCUT2D eigenvalue weighted by atomic mass is 32.1. The number of nitrogens with zero attached hydrogens (tertiary/aromatic N) is 4. The van der Waals surface area contributed by atoms with Crippen molar-refractivity contribution in [2.45, 2.75) is 33.7 Å². The fourth-order valence-corrected chi connectivity index (χ4v) is 3.48. The van der Waals surface area contributed by atoms with Crippen molar-refractivity contribution >= 4 is 23.2 Å². The van der Waals surface area contributed by atoms with Crippen molar-refractivity contribution < 1.29 is 4.79 Å². The number of aromatic nitrogens is 1. The Morgan fingerprint density at radius 3 is 2.64 bits per heavy atom. The van der Waals surface area contributed by atoms with Crippen LogP contribution in [-0.4, -0.2) is 72.5 Å². The van der Waals surface area contributed by atoms with Gasteiger partial charge in [0.1, 0.15) is 5.01 Å².